The second-order valence-corrected chi connectivity index (χ2v) is 7.23. The van der Waals surface area contributed by atoms with Gasteiger partial charge in [0.2, 0.25) is 0 Å². The molecule has 2 heterocycles. The van der Waals surface area contributed by atoms with Gasteiger partial charge in [-0.2, -0.15) is 0 Å². The fourth-order valence-electron chi connectivity index (χ4n) is 3.81. The van der Waals surface area contributed by atoms with Crippen LogP contribution in [-0.2, 0) is 11.3 Å². The van der Waals surface area contributed by atoms with Gasteiger partial charge < -0.3 is 34.8 Å². The van der Waals surface area contributed by atoms with Crippen molar-refractivity contribution in [2.75, 3.05) is 24.7 Å². The molecule has 0 amide bonds. The first kappa shape index (κ1) is 19.2. The smallest absolute Gasteiger partial charge is 0.142 e. The molecule has 4 N–H and O–H groups in total. The van der Waals surface area contributed by atoms with E-state index >= 15 is 0 Å². The molecule has 2 aliphatic heterocycles. The zero-order valence-electron chi connectivity index (χ0n) is 15.4. The SMILES string of the molecule is OC[C@H]1O[C@@H](c2ccc3c(c2)N(Cc2ccccc2)CCO3)[C@H](O)[C@@H](O)[C@@H]1O. The van der Waals surface area contributed by atoms with Crippen LogP contribution < -0.4 is 9.64 Å². The van der Waals surface area contributed by atoms with Crippen molar-refractivity contribution in [3.8, 4) is 5.75 Å². The number of aliphatic hydroxyl groups excluding tert-OH is 4. The third-order valence-electron chi connectivity index (χ3n) is 5.38. The summed E-state index contributed by atoms with van der Waals surface area (Å²) >= 11 is 0. The van der Waals surface area contributed by atoms with Crippen molar-refractivity contribution >= 4 is 5.69 Å². The highest BCUT2D eigenvalue weighted by molar-refractivity contribution is 5.62. The molecule has 4 rings (SSSR count). The lowest BCUT2D eigenvalue weighted by Crippen LogP contribution is -2.55. The van der Waals surface area contributed by atoms with Crippen molar-refractivity contribution in [1.29, 1.82) is 0 Å². The van der Waals surface area contributed by atoms with Crippen LogP contribution in [0.1, 0.15) is 17.2 Å². The Bertz CT molecular complexity index is 799. The van der Waals surface area contributed by atoms with Gasteiger partial charge in [-0.05, 0) is 23.3 Å². The molecule has 0 unspecified atom stereocenters. The third kappa shape index (κ3) is 3.59. The van der Waals surface area contributed by atoms with Gasteiger partial charge in [0, 0.05) is 6.54 Å². The van der Waals surface area contributed by atoms with Gasteiger partial charge in [-0.15, -0.1) is 0 Å². The molecule has 0 spiro atoms. The zero-order valence-corrected chi connectivity index (χ0v) is 15.4. The number of nitrogens with zero attached hydrogens (tertiary/aromatic N) is 1. The number of hydrogen-bond acceptors (Lipinski definition) is 7. The van der Waals surface area contributed by atoms with Gasteiger partial charge in [0.15, 0.2) is 0 Å². The van der Waals surface area contributed by atoms with E-state index in [1.165, 1.54) is 5.56 Å². The molecule has 150 valence electrons. The van der Waals surface area contributed by atoms with Crippen LogP contribution in [0, 0.1) is 0 Å². The third-order valence-corrected chi connectivity index (χ3v) is 5.38. The highest BCUT2D eigenvalue weighted by Crippen LogP contribution is 2.39. The molecule has 2 aliphatic rings. The van der Waals surface area contributed by atoms with Gasteiger partial charge in [-0.1, -0.05) is 36.4 Å². The molecule has 0 radical (unpaired) electrons. The van der Waals surface area contributed by atoms with Gasteiger partial charge in [0.05, 0.1) is 18.8 Å². The van der Waals surface area contributed by atoms with Crippen LogP contribution in [0.4, 0.5) is 5.69 Å². The van der Waals surface area contributed by atoms with E-state index < -0.39 is 37.1 Å². The number of benzene rings is 2. The molecule has 7 heteroatoms. The Hall–Kier alpha value is -2.16. The maximum atomic E-state index is 10.4. The first-order chi connectivity index (χ1) is 13.6. The van der Waals surface area contributed by atoms with Crippen LogP contribution in [0.5, 0.6) is 5.75 Å². The molecular weight excluding hydrogens is 362 g/mol. The van der Waals surface area contributed by atoms with Crippen molar-refractivity contribution in [2.45, 2.75) is 37.1 Å². The Morgan fingerprint density at radius 3 is 2.50 bits per heavy atom. The average molecular weight is 387 g/mol. The van der Waals surface area contributed by atoms with E-state index in [-0.39, 0.29) is 0 Å². The van der Waals surface area contributed by atoms with E-state index in [0.29, 0.717) is 12.2 Å². The minimum atomic E-state index is -1.40. The summed E-state index contributed by atoms with van der Waals surface area (Å²) in [5.74, 6) is 0.746. The Morgan fingerprint density at radius 1 is 0.964 bits per heavy atom. The van der Waals surface area contributed by atoms with E-state index in [0.717, 1.165) is 24.5 Å². The second kappa shape index (κ2) is 8.06. The number of aliphatic hydroxyl groups is 4. The molecule has 5 atom stereocenters. The first-order valence-electron chi connectivity index (χ1n) is 9.44. The number of ether oxygens (including phenoxy) is 2. The summed E-state index contributed by atoms with van der Waals surface area (Å²) in [6, 6.07) is 15.6. The normalized spacial score (nSPS) is 29.9. The van der Waals surface area contributed by atoms with E-state index in [2.05, 4.69) is 17.0 Å². The largest absolute Gasteiger partial charge is 0.490 e. The quantitative estimate of drug-likeness (QED) is 0.609. The molecule has 7 nitrogen and oxygen atoms in total. The molecular formula is C21H25NO6. The predicted molar refractivity (Wildman–Crippen MR) is 102 cm³/mol. The van der Waals surface area contributed by atoms with Crippen molar-refractivity contribution in [3.63, 3.8) is 0 Å². The molecule has 0 aromatic heterocycles. The molecule has 1 saturated heterocycles. The molecule has 1 fully saturated rings. The summed E-state index contributed by atoms with van der Waals surface area (Å²) in [6.07, 6.45) is -5.87. The Morgan fingerprint density at radius 2 is 1.75 bits per heavy atom. The minimum absolute atomic E-state index is 0.449. The van der Waals surface area contributed by atoms with Crippen LogP contribution in [0.25, 0.3) is 0 Å². The zero-order chi connectivity index (χ0) is 19.7. The van der Waals surface area contributed by atoms with Crippen LogP contribution in [0.15, 0.2) is 48.5 Å². The fraction of sp³-hybridized carbons (Fsp3) is 0.429. The lowest BCUT2D eigenvalue weighted by atomic mass is 9.91. The molecule has 2 aromatic rings. The van der Waals surface area contributed by atoms with E-state index in [1.54, 1.807) is 6.07 Å². The topological polar surface area (TPSA) is 103 Å². The van der Waals surface area contributed by atoms with Gasteiger partial charge in [-0.25, -0.2) is 0 Å². The van der Waals surface area contributed by atoms with Crippen LogP contribution in [0.2, 0.25) is 0 Å². The minimum Gasteiger partial charge on any atom is -0.490 e. The predicted octanol–water partition coefficient (Wildman–Crippen LogP) is 0.600. The van der Waals surface area contributed by atoms with E-state index in [9.17, 15) is 20.4 Å². The lowest BCUT2D eigenvalue weighted by Gasteiger charge is -2.40. The Kier molecular flexibility index (Phi) is 5.52. The summed E-state index contributed by atoms with van der Waals surface area (Å²) < 4.78 is 11.5. The Balaban J connectivity index is 1.62. The molecule has 2 aromatic carbocycles. The van der Waals surface area contributed by atoms with Crippen molar-refractivity contribution in [3.05, 3.63) is 59.7 Å². The lowest BCUT2D eigenvalue weighted by molar-refractivity contribution is -0.231. The number of rotatable bonds is 4. The van der Waals surface area contributed by atoms with Gasteiger partial charge in [0.25, 0.3) is 0 Å². The average Bonchev–Trinajstić information content (AvgIpc) is 2.73. The van der Waals surface area contributed by atoms with Crippen molar-refractivity contribution < 1.29 is 29.9 Å². The van der Waals surface area contributed by atoms with Crippen LogP contribution in [0.3, 0.4) is 0 Å². The molecule has 28 heavy (non-hydrogen) atoms. The highest BCUT2D eigenvalue weighted by Gasteiger charge is 2.44. The molecule has 0 saturated carbocycles. The van der Waals surface area contributed by atoms with Crippen LogP contribution in [-0.4, -0.2) is 64.6 Å². The molecule has 0 aliphatic carbocycles. The van der Waals surface area contributed by atoms with Crippen molar-refractivity contribution in [2.24, 2.45) is 0 Å². The second-order valence-electron chi connectivity index (χ2n) is 7.23. The van der Waals surface area contributed by atoms with Gasteiger partial charge >= 0.3 is 0 Å². The molecule has 0 bridgehead atoms. The first-order valence-corrected chi connectivity index (χ1v) is 9.44. The van der Waals surface area contributed by atoms with Crippen molar-refractivity contribution in [1.82, 2.24) is 0 Å². The van der Waals surface area contributed by atoms with Gasteiger partial charge in [-0.3, -0.25) is 0 Å². The summed E-state index contributed by atoms with van der Waals surface area (Å²) in [5.41, 5.74) is 2.71. The van der Waals surface area contributed by atoms with E-state index in [1.807, 2.05) is 30.3 Å². The standard InChI is InChI=1S/C21H25NO6/c23-12-17-18(24)19(25)20(26)21(28-17)14-6-7-16-15(10-14)22(8-9-27-16)11-13-4-2-1-3-5-13/h1-7,10,17-21,23-26H,8-9,11-12H2/t17-,18-,19+,20-,21+/m1/s1. The fourth-order valence-corrected chi connectivity index (χ4v) is 3.81. The van der Waals surface area contributed by atoms with Gasteiger partial charge in [0.1, 0.15) is 42.9 Å². The summed E-state index contributed by atoms with van der Waals surface area (Å²) in [7, 11) is 0. The maximum Gasteiger partial charge on any atom is 0.142 e. The number of fused-ring (bicyclic) bond motifs is 1. The highest BCUT2D eigenvalue weighted by atomic mass is 16.5. The summed E-state index contributed by atoms with van der Waals surface area (Å²) in [4.78, 5) is 2.20. The summed E-state index contributed by atoms with van der Waals surface area (Å²) in [6.45, 7) is 1.57. The van der Waals surface area contributed by atoms with Crippen LogP contribution >= 0.6 is 0 Å². The number of hydrogen-bond donors (Lipinski definition) is 4. The van der Waals surface area contributed by atoms with E-state index in [4.69, 9.17) is 9.47 Å². The summed E-state index contributed by atoms with van der Waals surface area (Å²) in [5, 5.41) is 39.9. The number of anilines is 1. The monoisotopic (exact) mass is 387 g/mol. The maximum absolute atomic E-state index is 10.4. The Labute approximate surface area is 163 Å².